The van der Waals surface area contributed by atoms with E-state index in [1.165, 1.54) is 6.07 Å². The van der Waals surface area contributed by atoms with Gasteiger partial charge in [0.15, 0.2) is 0 Å². The van der Waals surface area contributed by atoms with Crippen LogP contribution in [0.15, 0.2) is 42.5 Å². The standard InChI is InChI=1S/C25H29F3N2O3/c1-15(2)18-8-11-21(20(14-18)25(26,27)28)29-22-5-4-12-30(24(22)33)19-9-6-17(7-10-19)16(3)13-23(31)32/h6-11,14-16,22,29H,4-5,12-13H2,1-3H3,(H,31,32)/t16-,22?/m0/s1. The van der Waals surface area contributed by atoms with Crippen LogP contribution in [0.2, 0.25) is 0 Å². The maximum atomic E-state index is 13.7. The van der Waals surface area contributed by atoms with Crippen molar-refractivity contribution >= 4 is 23.3 Å². The summed E-state index contributed by atoms with van der Waals surface area (Å²) in [6.45, 7) is 5.95. The molecule has 2 aromatic rings. The SMILES string of the molecule is CC(C)c1ccc(NC2CCCN(c3ccc([C@@H](C)CC(=O)O)cc3)C2=O)c(C(F)(F)F)c1. The van der Waals surface area contributed by atoms with Crippen molar-refractivity contribution < 1.29 is 27.9 Å². The van der Waals surface area contributed by atoms with Crippen LogP contribution < -0.4 is 10.2 Å². The first-order valence-corrected chi connectivity index (χ1v) is 11.1. The fraction of sp³-hybridized carbons (Fsp3) is 0.440. The summed E-state index contributed by atoms with van der Waals surface area (Å²) >= 11 is 0. The summed E-state index contributed by atoms with van der Waals surface area (Å²) in [7, 11) is 0. The fourth-order valence-corrected chi connectivity index (χ4v) is 4.10. The van der Waals surface area contributed by atoms with Crippen LogP contribution in [0.5, 0.6) is 0 Å². The van der Waals surface area contributed by atoms with E-state index in [0.717, 1.165) is 11.6 Å². The molecule has 2 aromatic carbocycles. The molecule has 0 radical (unpaired) electrons. The predicted molar refractivity (Wildman–Crippen MR) is 122 cm³/mol. The lowest BCUT2D eigenvalue weighted by Crippen LogP contribution is -2.48. The Morgan fingerprint density at radius 1 is 1.12 bits per heavy atom. The molecule has 0 saturated carbocycles. The number of amides is 1. The molecule has 1 aliphatic rings. The van der Waals surface area contributed by atoms with E-state index in [4.69, 9.17) is 5.11 Å². The van der Waals surface area contributed by atoms with Gasteiger partial charge in [-0.25, -0.2) is 0 Å². The van der Waals surface area contributed by atoms with Gasteiger partial charge >= 0.3 is 12.1 Å². The van der Waals surface area contributed by atoms with Crippen LogP contribution in [0.1, 0.15) is 68.6 Å². The van der Waals surface area contributed by atoms with Crippen molar-refractivity contribution in [3.63, 3.8) is 0 Å². The fourth-order valence-electron chi connectivity index (χ4n) is 4.10. The van der Waals surface area contributed by atoms with Crippen LogP contribution in [-0.4, -0.2) is 29.6 Å². The predicted octanol–water partition coefficient (Wildman–Crippen LogP) is 6.01. The third-order valence-electron chi connectivity index (χ3n) is 6.04. The highest BCUT2D eigenvalue weighted by atomic mass is 19.4. The van der Waals surface area contributed by atoms with Gasteiger partial charge in [0, 0.05) is 17.9 Å². The lowest BCUT2D eigenvalue weighted by Gasteiger charge is -2.34. The number of hydrogen-bond donors (Lipinski definition) is 2. The Balaban J connectivity index is 1.80. The summed E-state index contributed by atoms with van der Waals surface area (Å²) in [5, 5.41) is 11.8. The van der Waals surface area contributed by atoms with Crippen LogP contribution in [0.4, 0.5) is 24.5 Å². The molecule has 33 heavy (non-hydrogen) atoms. The molecule has 5 nitrogen and oxygen atoms in total. The quantitative estimate of drug-likeness (QED) is 0.528. The van der Waals surface area contributed by atoms with Crippen molar-refractivity contribution in [2.24, 2.45) is 0 Å². The molecule has 2 N–H and O–H groups in total. The van der Waals surface area contributed by atoms with Crippen LogP contribution in [0.3, 0.4) is 0 Å². The molecule has 1 amide bonds. The van der Waals surface area contributed by atoms with Gasteiger partial charge in [-0.2, -0.15) is 13.2 Å². The van der Waals surface area contributed by atoms with E-state index in [0.29, 0.717) is 30.6 Å². The number of carboxylic acid groups (broad SMARTS) is 1. The molecular formula is C25H29F3N2O3. The second-order valence-electron chi connectivity index (χ2n) is 8.88. The van der Waals surface area contributed by atoms with Gasteiger partial charge in [0.05, 0.1) is 12.0 Å². The number of halogens is 3. The molecule has 2 atom stereocenters. The molecule has 3 rings (SSSR count). The maximum absolute atomic E-state index is 13.7. The van der Waals surface area contributed by atoms with Gasteiger partial charge in [-0.05, 0) is 60.1 Å². The Morgan fingerprint density at radius 2 is 1.76 bits per heavy atom. The number of carbonyl (C=O) groups is 2. The molecular weight excluding hydrogens is 433 g/mol. The molecule has 178 valence electrons. The second kappa shape index (κ2) is 9.85. The molecule has 0 aliphatic carbocycles. The number of benzene rings is 2. The normalized spacial score (nSPS) is 17.8. The van der Waals surface area contributed by atoms with Gasteiger partial charge in [0.2, 0.25) is 5.91 Å². The van der Waals surface area contributed by atoms with E-state index in [1.807, 2.05) is 20.8 Å². The Labute approximate surface area is 191 Å². The maximum Gasteiger partial charge on any atom is 0.418 e. The summed E-state index contributed by atoms with van der Waals surface area (Å²) in [6, 6.07) is 10.5. The van der Waals surface area contributed by atoms with Crippen molar-refractivity contribution in [3.8, 4) is 0 Å². The van der Waals surface area contributed by atoms with Gasteiger partial charge in [0.1, 0.15) is 6.04 Å². The lowest BCUT2D eigenvalue weighted by atomic mass is 9.96. The molecule has 1 saturated heterocycles. The van der Waals surface area contributed by atoms with Crippen LogP contribution in [0.25, 0.3) is 0 Å². The number of aliphatic carboxylic acids is 1. The minimum absolute atomic E-state index is 0.00508. The van der Waals surface area contributed by atoms with Crippen molar-refractivity contribution in [2.45, 2.75) is 64.1 Å². The largest absolute Gasteiger partial charge is 0.481 e. The molecule has 1 unspecified atom stereocenters. The second-order valence-corrected chi connectivity index (χ2v) is 8.88. The number of carbonyl (C=O) groups excluding carboxylic acids is 1. The summed E-state index contributed by atoms with van der Waals surface area (Å²) in [5.74, 6) is -1.38. The average molecular weight is 463 g/mol. The minimum Gasteiger partial charge on any atom is -0.481 e. The van der Waals surface area contributed by atoms with Crippen molar-refractivity contribution in [1.82, 2.24) is 0 Å². The number of rotatable bonds is 7. The van der Waals surface area contributed by atoms with Crippen LogP contribution in [-0.2, 0) is 15.8 Å². The third-order valence-corrected chi connectivity index (χ3v) is 6.04. The third kappa shape index (κ3) is 5.86. The highest BCUT2D eigenvalue weighted by Crippen LogP contribution is 2.37. The number of hydrogen-bond acceptors (Lipinski definition) is 3. The highest BCUT2D eigenvalue weighted by Gasteiger charge is 2.36. The zero-order valence-corrected chi connectivity index (χ0v) is 18.9. The average Bonchev–Trinajstić information content (AvgIpc) is 2.74. The van der Waals surface area contributed by atoms with Crippen molar-refractivity contribution in [3.05, 3.63) is 59.2 Å². The summed E-state index contributed by atoms with van der Waals surface area (Å²) in [4.78, 5) is 25.6. The topological polar surface area (TPSA) is 69.6 Å². The zero-order valence-electron chi connectivity index (χ0n) is 18.9. The van der Waals surface area contributed by atoms with E-state index in [2.05, 4.69) is 5.32 Å². The zero-order chi connectivity index (χ0) is 24.3. The number of carboxylic acids is 1. The first-order valence-electron chi connectivity index (χ1n) is 11.1. The number of nitrogens with zero attached hydrogens (tertiary/aromatic N) is 1. The molecule has 0 spiro atoms. The Kier molecular flexibility index (Phi) is 7.34. The molecule has 0 aromatic heterocycles. The number of anilines is 2. The van der Waals surface area contributed by atoms with E-state index < -0.39 is 23.8 Å². The van der Waals surface area contributed by atoms with Gasteiger partial charge in [-0.15, -0.1) is 0 Å². The monoisotopic (exact) mass is 462 g/mol. The van der Waals surface area contributed by atoms with E-state index in [1.54, 1.807) is 35.2 Å². The van der Waals surface area contributed by atoms with Crippen LogP contribution >= 0.6 is 0 Å². The summed E-state index contributed by atoms with van der Waals surface area (Å²) in [5.41, 5.74) is 1.21. The Bertz CT molecular complexity index is 1000. The lowest BCUT2D eigenvalue weighted by molar-refractivity contribution is -0.138. The molecule has 1 aliphatic heterocycles. The molecule has 0 bridgehead atoms. The Hall–Kier alpha value is -3.03. The molecule has 8 heteroatoms. The first kappa shape index (κ1) is 24.6. The van der Waals surface area contributed by atoms with Gasteiger partial charge < -0.3 is 15.3 Å². The van der Waals surface area contributed by atoms with E-state index >= 15 is 0 Å². The Morgan fingerprint density at radius 3 is 2.33 bits per heavy atom. The number of alkyl halides is 3. The van der Waals surface area contributed by atoms with Gasteiger partial charge in [0.25, 0.3) is 0 Å². The number of piperidine rings is 1. The summed E-state index contributed by atoms with van der Waals surface area (Å²) < 4.78 is 41.1. The molecule has 1 heterocycles. The highest BCUT2D eigenvalue weighted by molar-refractivity contribution is 5.99. The minimum atomic E-state index is -4.53. The van der Waals surface area contributed by atoms with Gasteiger partial charge in [-0.3, -0.25) is 9.59 Å². The smallest absolute Gasteiger partial charge is 0.418 e. The summed E-state index contributed by atoms with van der Waals surface area (Å²) in [6.07, 6.45) is -3.45. The van der Waals surface area contributed by atoms with Crippen molar-refractivity contribution in [1.29, 1.82) is 0 Å². The molecule has 1 fully saturated rings. The van der Waals surface area contributed by atoms with E-state index in [9.17, 15) is 22.8 Å². The van der Waals surface area contributed by atoms with Crippen molar-refractivity contribution in [2.75, 3.05) is 16.8 Å². The first-order chi connectivity index (χ1) is 15.5. The van der Waals surface area contributed by atoms with Crippen LogP contribution in [0, 0.1) is 0 Å². The van der Waals surface area contributed by atoms with E-state index in [-0.39, 0.29) is 29.9 Å². The van der Waals surface area contributed by atoms with Gasteiger partial charge in [-0.1, -0.05) is 39.0 Å². The number of nitrogens with one attached hydrogen (secondary N) is 1.